The van der Waals surface area contributed by atoms with Gasteiger partial charge in [0.25, 0.3) is 0 Å². The molecule has 0 unspecified atom stereocenters. The maximum Gasteiger partial charge on any atom is 0.0991 e. The van der Waals surface area contributed by atoms with Crippen LogP contribution in [0.25, 0.3) is 5.69 Å². The molecular weight excluding hydrogens is 236 g/mol. The summed E-state index contributed by atoms with van der Waals surface area (Å²) in [6, 6.07) is 8.47. The molecule has 0 amide bonds. The Morgan fingerprint density at radius 1 is 1.32 bits per heavy atom. The van der Waals surface area contributed by atoms with Crippen LogP contribution in [0.2, 0.25) is 0 Å². The first-order valence-corrected chi connectivity index (χ1v) is 6.95. The summed E-state index contributed by atoms with van der Waals surface area (Å²) < 4.78 is 2.02. The molecule has 2 aromatic rings. The number of benzene rings is 1. The first kappa shape index (κ1) is 12.2. The van der Waals surface area contributed by atoms with Crippen LogP contribution in [0, 0.1) is 5.92 Å². The summed E-state index contributed by atoms with van der Waals surface area (Å²) >= 11 is 0. The van der Waals surface area contributed by atoms with Crippen LogP contribution in [0.4, 0.5) is 5.69 Å². The summed E-state index contributed by atoms with van der Waals surface area (Å²) in [6.45, 7) is 3.37. The molecule has 0 spiro atoms. The molecule has 0 atom stereocenters. The van der Waals surface area contributed by atoms with Crippen LogP contribution in [0.15, 0.2) is 43.0 Å². The van der Waals surface area contributed by atoms with Gasteiger partial charge >= 0.3 is 0 Å². The van der Waals surface area contributed by atoms with Gasteiger partial charge in [-0.3, -0.25) is 0 Å². The van der Waals surface area contributed by atoms with Crippen molar-refractivity contribution in [1.29, 1.82) is 0 Å². The van der Waals surface area contributed by atoms with Gasteiger partial charge in [-0.2, -0.15) is 0 Å². The molecule has 1 aliphatic rings. The maximum absolute atomic E-state index is 4.08. The fourth-order valence-electron chi connectivity index (χ4n) is 2.54. The fraction of sp³-hybridized carbons (Fsp3) is 0.400. The van der Waals surface area contributed by atoms with Crippen molar-refractivity contribution in [2.45, 2.75) is 12.8 Å². The third-order valence-electron chi connectivity index (χ3n) is 3.70. The molecule has 1 aliphatic heterocycles. The lowest BCUT2D eigenvalue weighted by atomic mass is 9.98. The maximum atomic E-state index is 4.08. The van der Waals surface area contributed by atoms with E-state index in [0.717, 1.165) is 31.2 Å². The van der Waals surface area contributed by atoms with Gasteiger partial charge in [-0.15, -0.1) is 0 Å². The van der Waals surface area contributed by atoms with Crippen molar-refractivity contribution in [3.05, 3.63) is 43.0 Å². The van der Waals surface area contributed by atoms with Crippen LogP contribution in [-0.2, 0) is 0 Å². The molecule has 2 N–H and O–H groups in total. The minimum absolute atomic E-state index is 0.790. The van der Waals surface area contributed by atoms with Crippen LogP contribution >= 0.6 is 0 Å². The molecule has 4 nitrogen and oxygen atoms in total. The summed E-state index contributed by atoms with van der Waals surface area (Å²) in [4.78, 5) is 4.08. The third kappa shape index (κ3) is 3.15. The molecule has 0 radical (unpaired) electrons. The van der Waals surface area contributed by atoms with E-state index < -0.39 is 0 Å². The van der Waals surface area contributed by atoms with Gasteiger partial charge in [-0.1, -0.05) is 6.07 Å². The van der Waals surface area contributed by atoms with Crippen molar-refractivity contribution in [2.24, 2.45) is 5.92 Å². The lowest BCUT2D eigenvalue weighted by molar-refractivity contribution is 0.390. The van der Waals surface area contributed by atoms with Crippen molar-refractivity contribution in [1.82, 2.24) is 14.9 Å². The standard InChI is InChI=1S/C15H20N4/c1-2-14(18-11-13-4-6-16-7-5-13)10-15(3-1)19-9-8-17-12-19/h1-3,8-10,12-13,16,18H,4-7,11H2. The molecule has 2 heterocycles. The van der Waals surface area contributed by atoms with Gasteiger partial charge in [0.2, 0.25) is 0 Å². The average molecular weight is 256 g/mol. The molecule has 0 saturated carbocycles. The Morgan fingerprint density at radius 2 is 2.21 bits per heavy atom. The van der Waals surface area contributed by atoms with Gasteiger partial charge in [0.1, 0.15) is 0 Å². The van der Waals surface area contributed by atoms with E-state index in [2.05, 4.69) is 39.9 Å². The van der Waals surface area contributed by atoms with Crippen molar-refractivity contribution >= 4 is 5.69 Å². The molecule has 1 aromatic heterocycles. The second kappa shape index (κ2) is 5.89. The van der Waals surface area contributed by atoms with Gasteiger partial charge < -0.3 is 15.2 Å². The Bertz CT molecular complexity index is 501. The van der Waals surface area contributed by atoms with Gasteiger partial charge in [0.15, 0.2) is 0 Å². The molecule has 0 aliphatic carbocycles. The largest absolute Gasteiger partial charge is 0.385 e. The lowest BCUT2D eigenvalue weighted by Gasteiger charge is -2.23. The zero-order chi connectivity index (χ0) is 12.9. The SMILES string of the molecule is c1cc(NCC2CCNCC2)cc(-n2ccnc2)c1. The molecule has 1 fully saturated rings. The molecule has 1 saturated heterocycles. The van der Waals surface area contributed by atoms with E-state index in [0.29, 0.717) is 0 Å². The number of anilines is 1. The van der Waals surface area contributed by atoms with E-state index >= 15 is 0 Å². The monoisotopic (exact) mass is 256 g/mol. The molecule has 3 rings (SSSR count). The third-order valence-corrected chi connectivity index (χ3v) is 3.70. The van der Waals surface area contributed by atoms with E-state index in [1.165, 1.54) is 18.5 Å². The highest BCUT2D eigenvalue weighted by Crippen LogP contribution is 2.17. The highest BCUT2D eigenvalue weighted by atomic mass is 15.0. The van der Waals surface area contributed by atoms with E-state index in [1.807, 2.05) is 17.1 Å². The van der Waals surface area contributed by atoms with Crippen molar-refractivity contribution in [3.8, 4) is 5.69 Å². The van der Waals surface area contributed by atoms with E-state index in [4.69, 9.17) is 0 Å². The molecule has 100 valence electrons. The van der Waals surface area contributed by atoms with Crippen molar-refractivity contribution in [3.63, 3.8) is 0 Å². The Balaban J connectivity index is 1.63. The smallest absolute Gasteiger partial charge is 0.0991 e. The van der Waals surface area contributed by atoms with Gasteiger partial charge in [0.05, 0.1) is 6.33 Å². The molecule has 4 heteroatoms. The Morgan fingerprint density at radius 3 is 3.00 bits per heavy atom. The van der Waals surface area contributed by atoms with Crippen LogP contribution in [0.3, 0.4) is 0 Å². The van der Waals surface area contributed by atoms with Gasteiger partial charge in [-0.25, -0.2) is 4.98 Å². The zero-order valence-electron chi connectivity index (χ0n) is 11.0. The average Bonchev–Trinajstić information content (AvgIpc) is 3.01. The van der Waals surface area contributed by atoms with Gasteiger partial charge in [0, 0.05) is 30.3 Å². The summed E-state index contributed by atoms with van der Waals surface area (Å²) in [6.07, 6.45) is 8.13. The topological polar surface area (TPSA) is 41.9 Å². The van der Waals surface area contributed by atoms with Crippen LogP contribution < -0.4 is 10.6 Å². The van der Waals surface area contributed by atoms with E-state index in [-0.39, 0.29) is 0 Å². The molecular formula is C15H20N4. The number of imidazole rings is 1. The predicted molar refractivity (Wildman–Crippen MR) is 77.6 cm³/mol. The van der Waals surface area contributed by atoms with Gasteiger partial charge in [-0.05, 0) is 50.0 Å². The Labute approximate surface area is 113 Å². The van der Waals surface area contributed by atoms with Crippen molar-refractivity contribution < 1.29 is 0 Å². The number of rotatable bonds is 4. The molecule has 1 aromatic carbocycles. The normalized spacial score (nSPS) is 16.4. The van der Waals surface area contributed by atoms with E-state index in [1.54, 1.807) is 6.20 Å². The number of hydrogen-bond donors (Lipinski definition) is 2. The quantitative estimate of drug-likeness (QED) is 0.882. The number of nitrogens with zero attached hydrogens (tertiary/aromatic N) is 2. The highest BCUT2D eigenvalue weighted by molar-refractivity contribution is 5.51. The Kier molecular flexibility index (Phi) is 3.79. The number of aromatic nitrogens is 2. The number of nitrogens with one attached hydrogen (secondary N) is 2. The second-order valence-electron chi connectivity index (χ2n) is 5.09. The van der Waals surface area contributed by atoms with Crippen LogP contribution in [-0.4, -0.2) is 29.2 Å². The summed E-state index contributed by atoms with van der Waals surface area (Å²) in [5.41, 5.74) is 2.33. The number of hydrogen-bond acceptors (Lipinski definition) is 3. The second-order valence-corrected chi connectivity index (χ2v) is 5.09. The Hall–Kier alpha value is -1.81. The van der Waals surface area contributed by atoms with Crippen LogP contribution in [0.1, 0.15) is 12.8 Å². The minimum atomic E-state index is 0.790. The van der Waals surface area contributed by atoms with Crippen molar-refractivity contribution in [2.75, 3.05) is 25.0 Å². The summed E-state index contributed by atoms with van der Waals surface area (Å²) in [7, 11) is 0. The first-order chi connectivity index (χ1) is 9.42. The minimum Gasteiger partial charge on any atom is -0.385 e. The highest BCUT2D eigenvalue weighted by Gasteiger charge is 2.12. The molecule has 0 bridgehead atoms. The van der Waals surface area contributed by atoms with E-state index in [9.17, 15) is 0 Å². The van der Waals surface area contributed by atoms with Crippen LogP contribution in [0.5, 0.6) is 0 Å². The summed E-state index contributed by atoms with van der Waals surface area (Å²) in [5, 5.41) is 6.96. The summed E-state index contributed by atoms with van der Waals surface area (Å²) in [5.74, 6) is 0.790. The number of piperidine rings is 1. The fourth-order valence-corrected chi connectivity index (χ4v) is 2.54. The zero-order valence-corrected chi connectivity index (χ0v) is 11.0. The predicted octanol–water partition coefficient (Wildman–Crippen LogP) is 2.28. The first-order valence-electron chi connectivity index (χ1n) is 6.95. The lowest BCUT2D eigenvalue weighted by Crippen LogP contribution is -2.31. The molecule has 19 heavy (non-hydrogen) atoms.